The van der Waals surface area contributed by atoms with Gasteiger partial charge in [0.05, 0.1) is 11.9 Å². The number of carbonyl (C=O) groups is 2. The van der Waals surface area contributed by atoms with Crippen LogP contribution in [0.3, 0.4) is 0 Å². The Labute approximate surface area is 220 Å². The molecule has 0 aromatic heterocycles. The van der Waals surface area contributed by atoms with Crippen LogP contribution in [0.15, 0.2) is 42.5 Å². The summed E-state index contributed by atoms with van der Waals surface area (Å²) >= 11 is 6.00. The summed E-state index contributed by atoms with van der Waals surface area (Å²) in [6.45, 7) is 8.57. The molecule has 2 rings (SSSR count). The molecule has 2 aromatic carbocycles. The summed E-state index contributed by atoms with van der Waals surface area (Å²) in [6.07, 6.45) is 3.42. The van der Waals surface area contributed by atoms with E-state index in [0.29, 0.717) is 23.7 Å². The maximum absolute atomic E-state index is 13.3. The molecule has 0 aliphatic rings. The lowest BCUT2D eigenvalue weighted by atomic mass is 10.1. The highest BCUT2D eigenvalue weighted by atomic mass is 35.5. The number of anilines is 1. The molecule has 0 heterocycles. The van der Waals surface area contributed by atoms with Crippen LogP contribution in [-0.4, -0.2) is 50.5 Å². The van der Waals surface area contributed by atoms with E-state index in [1.807, 2.05) is 45.0 Å². The molecule has 0 fully saturated rings. The number of amides is 2. The zero-order chi connectivity index (χ0) is 26.9. The van der Waals surface area contributed by atoms with Crippen LogP contribution in [0.1, 0.15) is 56.2 Å². The first kappa shape index (κ1) is 29.6. The zero-order valence-electron chi connectivity index (χ0n) is 21.9. The van der Waals surface area contributed by atoms with Gasteiger partial charge in [-0.3, -0.25) is 13.9 Å². The van der Waals surface area contributed by atoms with Crippen molar-refractivity contribution < 1.29 is 18.0 Å². The minimum atomic E-state index is -3.54. The predicted molar refractivity (Wildman–Crippen MR) is 147 cm³/mol. The van der Waals surface area contributed by atoms with Crippen molar-refractivity contribution >= 4 is 39.1 Å². The zero-order valence-corrected chi connectivity index (χ0v) is 23.5. The maximum Gasteiger partial charge on any atom is 0.242 e. The molecule has 1 N–H and O–H groups in total. The number of halogens is 1. The van der Waals surface area contributed by atoms with Gasteiger partial charge in [0.1, 0.15) is 6.04 Å². The molecule has 7 nitrogen and oxygen atoms in total. The molecule has 0 radical (unpaired) electrons. The van der Waals surface area contributed by atoms with Gasteiger partial charge >= 0.3 is 0 Å². The number of nitrogens with zero attached hydrogens (tertiary/aromatic N) is 2. The summed E-state index contributed by atoms with van der Waals surface area (Å²) < 4.78 is 26.5. The molecule has 2 aromatic rings. The average Bonchev–Trinajstić information content (AvgIpc) is 2.82. The number of aryl methyl sites for hydroxylation is 1. The number of sulfonamides is 1. The van der Waals surface area contributed by atoms with Crippen LogP contribution in [0.5, 0.6) is 0 Å². The third-order valence-electron chi connectivity index (χ3n) is 6.26. The number of hydrogen-bond acceptors (Lipinski definition) is 4. The first-order valence-corrected chi connectivity index (χ1v) is 14.5. The van der Waals surface area contributed by atoms with Crippen molar-refractivity contribution in [3.05, 3.63) is 64.2 Å². The van der Waals surface area contributed by atoms with E-state index in [1.165, 1.54) is 10.6 Å². The highest BCUT2D eigenvalue weighted by Gasteiger charge is 2.27. The van der Waals surface area contributed by atoms with Crippen molar-refractivity contribution in [1.29, 1.82) is 0 Å². The summed E-state index contributed by atoms with van der Waals surface area (Å²) in [5, 5.41) is 3.49. The average molecular weight is 536 g/mol. The first-order chi connectivity index (χ1) is 17.0. The number of hydrogen-bond donors (Lipinski definition) is 1. The molecular formula is C27H38ClN3O4S. The van der Waals surface area contributed by atoms with Crippen molar-refractivity contribution in [2.45, 2.75) is 66.0 Å². The molecule has 9 heteroatoms. The van der Waals surface area contributed by atoms with Crippen LogP contribution >= 0.6 is 11.6 Å². The molecule has 0 spiro atoms. The monoisotopic (exact) mass is 535 g/mol. The highest BCUT2D eigenvalue weighted by molar-refractivity contribution is 7.92. The summed E-state index contributed by atoms with van der Waals surface area (Å²) in [5.74, 6) is -0.420. The van der Waals surface area contributed by atoms with Gasteiger partial charge < -0.3 is 10.2 Å². The quantitative estimate of drug-likeness (QED) is 0.372. The Balaban J connectivity index is 2.17. The summed E-state index contributed by atoms with van der Waals surface area (Å²) in [7, 11) is -3.54. The molecule has 1 unspecified atom stereocenters. The Morgan fingerprint density at radius 3 is 2.33 bits per heavy atom. The van der Waals surface area contributed by atoms with Crippen molar-refractivity contribution in [2.24, 2.45) is 0 Å². The number of benzene rings is 2. The van der Waals surface area contributed by atoms with Gasteiger partial charge in [0, 0.05) is 31.1 Å². The standard InChI is InChI=1S/C27H38ClN3O4S/c1-6-7-17-29-27(33)22(4)30(19-23-13-15-24(28)16-14-23)26(32)12-9-18-31(36(5,34)35)25-11-8-10-20(2)21(25)3/h8,10-11,13-16,22H,6-7,9,12,17-19H2,1-5H3,(H,29,33). The van der Waals surface area contributed by atoms with Crippen LogP contribution in [-0.2, 0) is 26.2 Å². The molecular weight excluding hydrogens is 498 g/mol. The number of unbranched alkanes of at least 4 members (excludes halogenated alkanes) is 1. The van der Waals surface area contributed by atoms with Gasteiger partial charge in [-0.15, -0.1) is 0 Å². The highest BCUT2D eigenvalue weighted by Crippen LogP contribution is 2.25. The van der Waals surface area contributed by atoms with Crippen LogP contribution < -0.4 is 9.62 Å². The summed E-state index contributed by atoms with van der Waals surface area (Å²) in [5.41, 5.74) is 3.35. The topological polar surface area (TPSA) is 86.8 Å². The number of nitrogens with one attached hydrogen (secondary N) is 1. The van der Waals surface area contributed by atoms with E-state index >= 15 is 0 Å². The van der Waals surface area contributed by atoms with Crippen LogP contribution in [0, 0.1) is 13.8 Å². The van der Waals surface area contributed by atoms with E-state index in [0.717, 1.165) is 29.5 Å². The van der Waals surface area contributed by atoms with Gasteiger partial charge in [-0.1, -0.05) is 49.2 Å². The van der Waals surface area contributed by atoms with Crippen molar-refractivity contribution in [1.82, 2.24) is 10.2 Å². The van der Waals surface area contributed by atoms with Crippen LogP contribution in [0.4, 0.5) is 5.69 Å². The molecule has 36 heavy (non-hydrogen) atoms. The van der Waals surface area contributed by atoms with E-state index in [9.17, 15) is 18.0 Å². The molecule has 2 amide bonds. The van der Waals surface area contributed by atoms with Gasteiger partial charge in [-0.05, 0) is 68.5 Å². The molecule has 198 valence electrons. The van der Waals surface area contributed by atoms with E-state index < -0.39 is 16.1 Å². The van der Waals surface area contributed by atoms with E-state index in [1.54, 1.807) is 30.0 Å². The van der Waals surface area contributed by atoms with Gasteiger partial charge in [-0.2, -0.15) is 0 Å². The minimum Gasteiger partial charge on any atom is -0.354 e. The molecule has 0 aliphatic heterocycles. The van der Waals surface area contributed by atoms with Gasteiger partial charge in [0.2, 0.25) is 21.8 Å². The fraction of sp³-hybridized carbons (Fsp3) is 0.481. The number of rotatable bonds is 13. The molecule has 0 bridgehead atoms. The van der Waals surface area contributed by atoms with Crippen molar-refractivity contribution in [3.8, 4) is 0 Å². The largest absolute Gasteiger partial charge is 0.354 e. The number of carbonyl (C=O) groups excluding carboxylic acids is 2. The second kappa shape index (κ2) is 13.7. The SMILES string of the molecule is CCCCNC(=O)C(C)N(Cc1ccc(Cl)cc1)C(=O)CCCN(c1cccc(C)c1C)S(C)(=O)=O. The van der Waals surface area contributed by atoms with Crippen molar-refractivity contribution in [3.63, 3.8) is 0 Å². The Morgan fingerprint density at radius 2 is 1.72 bits per heavy atom. The lowest BCUT2D eigenvalue weighted by Gasteiger charge is -2.29. The van der Waals surface area contributed by atoms with Crippen LogP contribution in [0.25, 0.3) is 0 Å². The Kier molecular flexibility index (Phi) is 11.2. The third kappa shape index (κ3) is 8.52. The normalized spacial score (nSPS) is 12.2. The summed E-state index contributed by atoms with van der Waals surface area (Å²) in [4.78, 5) is 27.6. The molecule has 0 saturated carbocycles. The lowest BCUT2D eigenvalue weighted by Crippen LogP contribution is -2.48. The van der Waals surface area contributed by atoms with Crippen molar-refractivity contribution in [2.75, 3.05) is 23.7 Å². The summed E-state index contributed by atoms with van der Waals surface area (Å²) in [6, 6.07) is 12.0. The minimum absolute atomic E-state index is 0.108. The van der Waals surface area contributed by atoms with Gasteiger partial charge in [-0.25, -0.2) is 8.42 Å². The van der Waals surface area contributed by atoms with Gasteiger partial charge in [0.15, 0.2) is 0 Å². The Hall–Kier alpha value is -2.58. The molecule has 0 saturated heterocycles. The fourth-order valence-corrected chi connectivity index (χ4v) is 5.04. The lowest BCUT2D eigenvalue weighted by molar-refractivity contribution is -0.140. The molecule has 0 aliphatic carbocycles. The van der Waals surface area contributed by atoms with E-state index in [4.69, 9.17) is 11.6 Å². The second-order valence-electron chi connectivity index (χ2n) is 9.13. The van der Waals surface area contributed by atoms with E-state index in [-0.39, 0.29) is 31.3 Å². The maximum atomic E-state index is 13.3. The first-order valence-electron chi connectivity index (χ1n) is 12.3. The Morgan fingerprint density at radius 1 is 1.06 bits per heavy atom. The molecule has 1 atom stereocenters. The van der Waals surface area contributed by atoms with E-state index in [2.05, 4.69) is 5.32 Å². The smallest absolute Gasteiger partial charge is 0.242 e. The Bertz CT molecular complexity index is 1140. The van der Waals surface area contributed by atoms with Gasteiger partial charge in [0.25, 0.3) is 0 Å². The fourth-order valence-electron chi connectivity index (χ4n) is 3.89. The van der Waals surface area contributed by atoms with Crippen LogP contribution in [0.2, 0.25) is 5.02 Å². The second-order valence-corrected chi connectivity index (χ2v) is 11.5. The predicted octanol–water partition coefficient (Wildman–Crippen LogP) is 4.84. The third-order valence-corrected chi connectivity index (χ3v) is 7.69.